The van der Waals surface area contributed by atoms with Crippen LogP contribution in [-0.2, 0) is 13.0 Å². The van der Waals surface area contributed by atoms with Crippen molar-refractivity contribution >= 4 is 0 Å². The van der Waals surface area contributed by atoms with Crippen molar-refractivity contribution in [3.05, 3.63) is 11.7 Å². The van der Waals surface area contributed by atoms with Crippen LogP contribution in [0.5, 0.6) is 0 Å². The largest absolute Gasteiger partial charge is 0.338 e. The number of nitrogens with two attached hydrogens (primary N) is 1. The SMILES string of the molecule is CCCN(Cc1nc(CC(C)C)no1)CC(C)(C)CN. The Morgan fingerprint density at radius 3 is 2.60 bits per heavy atom. The minimum absolute atomic E-state index is 0.107. The molecule has 0 bridgehead atoms. The van der Waals surface area contributed by atoms with Crippen molar-refractivity contribution in [3.8, 4) is 0 Å². The summed E-state index contributed by atoms with van der Waals surface area (Å²) in [7, 11) is 0. The normalized spacial score (nSPS) is 12.6. The highest BCUT2D eigenvalue weighted by molar-refractivity contribution is 4.88. The Bertz CT molecular complexity index is 387. The highest BCUT2D eigenvalue weighted by Crippen LogP contribution is 2.17. The molecule has 1 rings (SSSR count). The second-order valence-electron chi connectivity index (χ2n) is 6.78. The highest BCUT2D eigenvalue weighted by Gasteiger charge is 2.21. The number of nitrogens with zero attached hydrogens (tertiary/aromatic N) is 3. The molecule has 0 aliphatic rings. The van der Waals surface area contributed by atoms with E-state index in [1.54, 1.807) is 0 Å². The van der Waals surface area contributed by atoms with E-state index in [9.17, 15) is 0 Å². The molecule has 0 aliphatic carbocycles. The van der Waals surface area contributed by atoms with Crippen LogP contribution >= 0.6 is 0 Å². The molecule has 116 valence electrons. The van der Waals surface area contributed by atoms with Crippen molar-refractivity contribution < 1.29 is 4.52 Å². The summed E-state index contributed by atoms with van der Waals surface area (Å²) < 4.78 is 5.36. The van der Waals surface area contributed by atoms with E-state index in [0.29, 0.717) is 24.9 Å². The third kappa shape index (κ3) is 6.01. The van der Waals surface area contributed by atoms with Gasteiger partial charge in [0, 0.05) is 13.0 Å². The number of hydrogen-bond acceptors (Lipinski definition) is 5. The summed E-state index contributed by atoms with van der Waals surface area (Å²) in [5.74, 6) is 2.06. The first-order valence-electron chi connectivity index (χ1n) is 7.60. The predicted octanol–water partition coefficient (Wildman–Crippen LogP) is 2.46. The number of rotatable bonds is 9. The van der Waals surface area contributed by atoms with Crippen LogP contribution in [0.2, 0.25) is 0 Å². The molecule has 20 heavy (non-hydrogen) atoms. The van der Waals surface area contributed by atoms with Crippen LogP contribution < -0.4 is 5.73 Å². The quantitative estimate of drug-likeness (QED) is 0.753. The second-order valence-corrected chi connectivity index (χ2v) is 6.78. The lowest BCUT2D eigenvalue weighted by molar-refractivity contribution is 0.158. The van der Waals surface area contributed by atoms with Crippen molar-refractivity contribution in [2.45, 2.75) is 54.0 Å². The van der Waals surface area contributed by atoms with E-state index < -0.39 is 0 Å². The zero-order valence-electron chi connectivity index (χ0n) is 13.6. The lowest BCUT2D eigenvalue weighted by atomic mass is 9.93. The zero-order chi connectivity index (χ0) is 15.2. The molecule has 0 radical (unpaired) electrons. The lowest BCUT2D eigenvalue weighted by Gasteiger charge is -2.30. The van der Waals surface area contributed by atoms with Crippen LogP contribution in [0.1, 0.15) is 52.8 Å². The van der Waals surface area contributed by atoms with Gasteiger partial charge >= 0.3 is 0 Å². The fraction of sp³-hybridized carbons (Fsp3) is 0.867. The maximum absolute atomic E-state index is 5.82. The van der Waals surface area contributed by atoms with Crippen LogP contribution in [0.25, 0.3) is 0 Å². The average Bonchev–Trinajstić information content (AvgIpc) is 2.75. The molecule has 0 fully saturated rings. The summed E-state index contributed by atoms with van der Waals surface area (Å²) in [6.45, 7) is 14.2. The molecule has 0 spiro atoms. The van der Waals surface area contributed by atoms with Gasteiger partial charge in [-0.1, -0.05) is 39.8 Å². The molecule has 0 saturated heterocycles. The standard InChI is InChI=1S/C15H30N4O/c1-6-7-19(11-15(4,5)10-16)9-14-17-13(18-20-14)8-12(2)3/h12H,6-11,16H2,1-5H3. The fourth-order valence-corrected chi connectivity index (χ4v) is 2.19. The Morgan fingerprint density at radius 1 is 1.35 bits per heavy atom. The van der Waals surface area contributed by atoms with Crippen molar-refractivity contribution in [2.24, 2.45) is 17.1 Å². The summed E-state index contributed by atoms with van der Waals surface area (Å²) in [5.41, 5.74) is 5.93. The molecule has 0 atom stereocenters. The number of hydrogen-bond donors (Lipinski definition) is 1. The van der Waals surface area contributed by atoms with Crippen LogP contribution in [0.15, 0.2) is 4.52 Å². The molecule has 0 saturated carbocycles. The summed E-state index contributed by atoms with van der Waals surface area (Å²) in [5, 5.41) is 4.05. The molecule has 5 heteroatoms. The van der Waals surface area contributed by atoms with E-state index in [4.69, 9.17) is 10.3 Å². The topological polar surface area (TPSA) is 68.2 Å². The smallest absolute Gasteiger partial charge is 0.240 e. The Morgan fingerprint density at radius 2 is 2.05 bits per heavy atom. The van der Waals surface area contributed by atoms with Gasteiger partial charge in [-0.15, -0.1) is 0 Å². The summed E-state index contributed by atoms with van der Waals surface area (Å²) in [4.78, 5) is 6.82. The second kappa shape index (κ2) is 7.74. The average molecular weight is 282 g/mol. The first-order valence-corrected chi connectivity index (χ1v) is 7.60. The fourth-order valence-electron chi connectivity index (χ4n) is 2.19. The lowest BCUT2D eigenvalue weighted by Crippen LogP contribution is -2.38. The molecule has 0 unspecified atom stereocenters. The van der Waals surface area contributed by atoms with Crippen molar-refractivity contribution in [1.82, 2.24) is 15.0 Å². The molecule has 0 amide bonds. The van der Waals surface area contributed by atoms with Gasteiger partial charge < -0.3 is 10.3 Å². The van der Waals surface area contributed by atoms with Gasteiger partial charge in [-0.05, 0) is 30.8 Å². The van der Waals surface area contributed by atoms with Gasteiger partial charge in [-0.2, -0.15) is 4.98 Å². The molecule has 1 heterocycles. The number of aromatic nitrogens is 2. The van der Waals surface area contributed by atoms with Gasteiger partial charge in [0.1, 0.15) is 0 Å². The Balaban J connectivity index is 2.63. The molecular weight excluding hydrogens is 252 g/mol. The summed E-state index contributed by atoms with van der Waals surface area (Å²) in [6, 6.07) is 0. The van der Waals surface area contributed by atoms with Crippen molar-refractivity contribution in [3.63, 3.8) is 0 Å². The zero-order valence-corrected chi connectivity index (χ0v) is 13.6. The van der Waals surface area contributed by atoms with Gasteiger partial charge in [-0.3, -0.25) is 4.90 Å². The van der Waals surface area contributed by atoms with E-state index in [0.717, 1.165) is 31.8 Å². The van der Waals surface area contributed by atoms with Crippen LogP contribution in [0.3, 0.4) is 0 Å². The van der Waals surface area contributed by atoms with E-state index in [1.165, 1.54) is 0 Å². The van der Waals surface area contributed by atoms with Gasteiger partial charge in [-0.25, -0.2) is 0 Å². The minimum Gasteiger partial charge on any atom is -0.338 e. The van der Waals surface area contributed by atoms with E-state index in [2.05, 4.69) is 49.7 Å². The molecule has 2 N–H and O–H groups in total. The molecule has 0 aromatic carbocycles. The third-order valence-electron chi connectivity index (χ3n) is 3.20. The third-order valence-corrected chi connectivity index (χ3v) is 3.20. The maximum Gasteiger partial charge on any atom is 0.240 e. The van der Waals surface area contributed by atoms with E-state index in [-0.39, 0.29) is 5.41 Å². The Hall–Kier alpha value is -0.940. The van der Waals surface area contributed by atoms with Gasteiger partial charge in [0.05, 0.1) is 6.54 Å². The monoisotopic (exact) mass is 282 g/mol. The van der Waals surface area contributed by atoms with Crippen LogP contribution in [0.4, 0.5) is 0 Å². The van der Waals surface area contributed by atoms with Crippen molar-refractivity contribution in [2.75, 3.05) is 19.6 Å². The molecule has 5 nitrogen and oxygen atoms in total. The molecule has 1 aromatic rings. The van der Waals surface area contributed by atoms with E-state index in [1.807, 2.05) is 0 Å². The summed E-state index contributed by atoms with van der Waals surface area (Å²) >= 11 is 0. The molecular formula is C15H30N4O. The minimum atomic E-state index is 0.107. The first-order chi connectivity index (χ1) is 9.36. The van der Waals surface area contributed by atoms with Crippen molar-refractivity contribution in [1.29, 1.82) is 0 Å². The van der Waals surface area contributed by atoms with Crippen LogP contribution in [0, 0.1) is 11.3 Å². The first kappa shape index (κ1) is 17.1. The Kier molecular flexibility index (Phi) is 6.62. The van der Waals surface area contributed by atoms with Gasteiger partial charge in [0.2, 0.25) is 5.89 Å². The molecule has 0 aliphatic heterocycles. The van der Waals surface area contributed by atoms with E-state index >= 15 is 0 Å². The summed E-state index contributed by atoms with van der Waals surface area (Å²) in [6.07, 6.45) is 1.97. The highest BCUT2D eigenvalue weighted by atomic mass is 16.5. The maximum atomic E-state index is 5.82. The Labute approximate surface area is 122 Å². The van der Waals surface area contributed by atoms with Crippen LogP contribution in [-0.4, -0.2) is 34.7 Å². The van der Waals surface area contributed by atoms with Gasteiger partial charge in [0.15, 0.2) is 5.82 Å². The predicted molar refractivity (Wildman–Crippen MR) is 81.2 cm³/mol. The molecule has 1 aromatic heterocycles. The van der Waals surface area contributed by atoms with Gasteiger partial charge in [0.25, 0.3) is 0 Å².